The molecule has 0 bridgehead atoms. The number of ether oxygens (including phenoxy) is 1. The van der Waals surface area contributed by atoms with Gasteiger partial charge in [-0.3, -0.25) is 9.59 Å². The first-order valence-electron chi connectivity index (χ1n) is 11.2. The zero-order valence-corrected chi connectivity index (χ0v) is 18.2. The molecule has 1 saturated heterocycles. The Morgan fingerprint density at radius 3 is 2.77 bits per heavy atom. The summed E-state index contributed by atoms with van der Waals surface area (Å²) >= 11 is 0. The second-order valence-electron chi connectivity index (χ2n) is 10.1. The lowest BCUT2D eigenvalue weighted by molar-refractivity contribution is 0.0909. The summed E-state index contributed by atoms with van der Waals surface area (Å²) in [6.07, 6.45) is 5.53. The van der Waals surface area contributed by atoms with Gasteiger partial charge in [-0.05, 0) is 61.6 Å². The molecule has 3 aliphatic rings. The fourth-order valence-corrected chi connectivity index (χ4v) is 4.85. The van der Waals surface area contributed by atoms with Crippen LogP contribution >= 0.6 is 0 Å². The van der Waals surface area contributed by atoms with Gasteiger partial charge in [-0.25, -0.2) is 4.68 Å². The van der Waals surface area contributed by atoms with E-state index in [1.807, 2.05) is 16.8 Å². The van der Waals surface area contributed by atoms with Crippen LogP contribution in [-0.4, -0.2) is 40.7 Å². The van der Waals surface area contributed by atoms with Gasteiger partial charge in [0.1, 0.15) is 0 Å². The molecule has 1 amide bonds. The topological polar surface area (TPSA) is 99.2 Å². The summed E-state index contributed by atoms with van der Waals surface area (Å²) in [5.74, 6) is 0.372. The van der Waals surface area contributed by atoms with Gasteiger partial charge in [-0.1, -0.05) is 13.8 Å². The number of Topliss-reactive ketones (excluding diaryl/α,β-unsaturated/α-hetero) is 1. The Morgan fingerprint density at radius 1 is 1.29 bits per heavy atom. The number of carbonyl (C=O) groups excluding carboxylic acids is 2. The minimum absolute atomic E-state index is 0.103. The maximum absolute atomic E-state index is 13.1. The van der Waals surface area contributed by atoms with Gasteiger partial charge >= 0.3 is 0 Å². The SMILES string of the molecule is CC1(C)CC(=O)c2c(CC3CC3)nn(-c3ccc(C(N)=O)c(NC4CCOC4)c3)c2C1. The van der Waals surface area contributed by atoms with Crippen molar-refractivity contribution in [3.05, 3.63) is 40.7 Å². The first kappa shape index (κ1) is 20.2. The zero-order valence-electron chi connectivity index (χ0n) is 18.2. The van der Waals surface area contributed by atoms with Crippen molar-refractivity contribution in [2.24, 2.45) is 17.1 Å². The largest absolute Gasteiger partial charge is 0.379 e. The molecule has 1 aromatic heterocycles. The number of aromatic nitrogens is 2. The van der Waals surface area contributed by atoms with E-state index >= 15 is 0 Å². The molecule has 0 spiro atoms. The highest BCUT2D eigenvalue weighted by Crippen LogP contribution is 2.40. The molecule has 5 rings (SSSR count). The molecule has 1 aromatic carbocycles. The van der Waals surface area contributed by atoms with E-state index in [1.54, 1.807) is 6.07 Å². The summed E-state index contributed by atoms with van der Waals surface area (Å²) in [5, 5.41) is 8.35. The molecule has 2 fully saturated rings. The molecule has 2 heterocycles. The molecule has 7 nitrogen and oxygen atoms in total. The van der Waals surface area contributed by atoms with Gasteiger partial charge in [-0.15, -0.1) is 0 Å². The van der Waals surface area contributed by atoms with Gasteiger partial charge in [0.05, 0.1) is 40.9 Å². The number of carbonyl (C=O) groups is 2. The summed E-state index contributed by atoms with van der Waals surface area (Å²) in [7, 11) is 0. The van der Waals surface area contributed by atoms with Crippen molar-refractivity contribution in [2.75, 3.05) is 18.5 Å². The summed E-state index contributed by atoms with van der Waals surface area (Å²) in [6.45, 7) is 5.58. The third-order valence-corrected chi connectivity index (χ3v) is 6.60. The number of nitrogens with one attached hydrogen (secondary N) is 1. The van der Waals surface area contributed by atoms with Gasteiger partial charge < -0.3 is 15.8 Å². The fraction of sp³-hybridized carbons (Fsp3) is 0.542. The Kier molecular flexibility index (Phi) is 4.88. The van der Waals surface area contributed by atoms with E-state index in [2.05, 4.69) is 19.2 Å². The van der Waals surface area contributed by atoms with E-state index in [-0.39, 0.29) is 17.2 Å². The molecule has 31 heavy (non-hydrogen) atoms. The molecule has 1 saturated carbocycles. The summed E-state index contributed by atoms with van der Waals surface area (Å²) in [4.78, 5) is 25.1. The summed E-state index contributed by atoms with van der Waals surface area (Å²) in [5.41, 5.74) is 10.2. The van der Waals surface area contributed by atoms with Crippen molar-refractivity contribution in [3.63, 3.8) is 0 Å². The van der Waals surface area contributed by atoms with Crippen LogP contribution in [-0.2, 0) is 17.6 Å². The van der Waals surface area contributed by atoms with Crippen LogP contribution in [0.2, 0.25) is 0 Å². The molecule has 0 radical (unpaired) electrons. The van der Waals surface area contributed by atoms with Crippen LogP contribution in [0, 0.1) is 11.3 Å². The molecule has 1 atom stereocenters. The molecule has 2 aromatic rings. The number of fused-ring (bicyclic) bond motifs is 1. The number of anilines is 1. The van der Waals surface area contributed by atoms with Crippen LogP contribution in [0.15, 0.2) is 18.2 Å². The standard InChI is InChI=1S/C24H30N4O3/c1-24(2)11-20-22(21(29)12-24)19(9-14-3-4-14)27-28(20)16-5-6-17(23(25)30)18(10-16)26-15-7-8-31-13-15/h5-6,10,14-15,26H,3-4,7-9,11-13H2,1-2H3,(H2,25,30). The van der Waals surface area contributed by atoms with E-state index in [4.69, 9.17) is 15.6 Å². The van der Waals surface area contributed by atoms with Crippen LogP contribution in [0.4, 0.5) is 5.69 Å². The molecule has 164 valence electrons. The smallest absolute Gasteiger partial charge is 0.250 e. The van der Waals surface area contributed by atoms with E-state index < -0.39 is 5.91 Å². The number of nitrogens with two attached hydrogens (primary N) is 1. The van der Waals surface area contributed by atoms with E-state index in [1.165, 1.54) is 12.8 Å². The zero-order chi connectivity index (χ0) is 21.8. The van der Waals surface area contributed by atoms with Crippen LogP contribution in [0.25, 0.3) is 5.69 Å². The van der Waals surface area contributed by atoms with Gasteiger partial charge in [0.15, 0.2) is 5.78 Å². The lowest BCUT2D eigenvalue weighted by Gasteiger charge is -2.29. The van der Waals surface area contributed by atoms with Gasteiger partial charge in [0, 0.05) is 18.7 Å². The lowest BCUT2D eigenvalue weighted by atomic mass is 9.75. The number of benzene rings is 1. The van der Waals surface area contributed by atoms with Crippen molar-refractivity contribution in [3.8, 4) is 5.69 Å². The number of ketones is 1. The molecule has 2 aliphatic carbocycles. The average molecular weight is 423 g/mol. The predicted octanol–water partition coefficient (Wildman–Crippen LogP) is 3.28. The van der Waals surface area contributed by atoms with Crippen LogP contribution in [0.5, 0.6) is 0 Å². The number of rotatable bonds is 6. The highest BCUT2D eigenvalue weighted by atomic mass is 16.5. The van der Waals surface area contributed by atoms with Crippen molar-refractivity contribution in [1.82, 2.24) is 9.78 Å². The van der Waals surface area contributed by atoms with Crippen molar-refractivity contribution in [2.45, 2.75) is 58.4 Å². The van der Waals surface area contributed by atoms with Gasteiger partial charge in [0.25, 0.3) is 5.91 Å². The summed E-state index contributed by atoms with van der Waals surface area (Å²) < 4.78 is 7.39. The first-order valence-corrected chi connectivity index (χ1v) is 11.2. The maximum atomic E-state index is 13.1. The first-order chi connectivity index (χ1) is 14.8. The number of hydrogen-bond donors (Lipinski definition) is 2. The molecular formula is C24H30N4O3. The van der Waals surface area contributed by atoms with Crippen molar-refractivity contribution < 1.29 is 14.3 Å². The van der Waals surface area contributed by atoms with Crippen LogP contribution in [0.3, 0.4) is 0 Å². The third kappa shape index (κ3) is 3.99. The Balaban J connectivity index is 1.59. The number of primary amides is 1. The normalized spacial score (nSPS) is 22.4. The van der Waals surface area contributed by atoms with Gasteiger partial charge in [0.2, 0.25) is 0 Å². The molecule has 7 heteroatoms. The Labute approximate surface area is 182 Å². The van der Waals surface area contributed by atoms with Crippen LogP contribution in [0.1, 0.15) is 71.6 Å². The van der Waals surface area contributed by atoms with Gasteiger partial charge in [-0.2, -0.15) is 5.10 Å². The maximum Gasteiger partial charge on any atom is 0.250 e. The molecule has 1 aliphatic heterocycles. The van der Waals surface area contributed by atoms with E-state index in [9.17, 15) is 9.59 Å². The minimum atomic E-state index is -0.471. The number of nitrogens with zero attached hydrogens (tertiary/aromatic N) is 2. The van der Waals surface area contributed by atoms with Crippen molar-refractivity contribution >= 4 is 17.4 Å². The molecule has 3 N–H and O–H groups in total. The monoisotopic (exact) mass is 422 g/mol. The minimum Gasteiger partial charge on any atom is -0.379 e. The Bertz CT molecular complexity index is 1050. The summed E-state index contributed by atoms with van der Waals surface area (Å²) in [6, 6.07) is 5.70. The quantitative estimate of drug-likeness (QED) is 0.744. The van der Waals surface area contributed by atoms with E-state index in [0.717, 1.165) is 41.9 Å². The van der Waals surface area contributed by atoms with Crippen LogP contribution < -0.4 is 11.1 Å². The number of hydrogen-bond acceptors (Lipinski definition) is 5. The highest BCUT2D eigenvalue weighted by molar-refractivity contribution is 6.00. The predicted molar refractivity (Wildman–Crippen MR) is 118 cm³/mol. The fourth-order valence-electron chi connectivity index (χ4n) is 4.85. The second kappa shape index (κ2) is 7.48. The molecule has 1 unspecified atom stereocenters. The highest BCUT2D eigenvalue weighted by Gasteiger charge is 2.38. The number of amides is 1. The third-order valence-electron chi connectivity index (χ3n) is 6.60. The second-order valence-corrected chi connectivity index (χ2v) is 10.1. The lowest BCUT2D eigenvalue weighted by Crippen LogP contribution is -2.28. The average Bonchev–Trinajstić information content (AvgIpc) is 3.22. The molecular weight excluding hydrogens is 392 g/mol. The Hall–Kier alpha value is -2.67. The van der Waals surface area contributed by atoms with Crippen molar-refractivity contribution in [1.29, 1.82) is 0 Å². The Morgan fingerprint density at radius 2 is 2.10 bits per heavy atom. The van der Waals surface area contributed by atoms with E-state index in [0.29, 0.717) is 36.8 Å².